The number of hydrogen-bond acceptors (Lipinski definition) is 7. The molecule has 1 amide bonds. The smallest absolute Gasteiger partial charge is 0.235 e. The van der Waals surface area contributed by atoms with E-state index in [1.807, 2.05) is 0 Å². The molecule has 0 aromatic carbocycles. The average molecular weight is 488 g/mol. The Labute approximate surface area is 204 Å². The van der Waals surface area contributed by atoms with Crippen molar-refractivity contribution in [2.45, 2.75) is 84.0 Å². The maximum atomic E-state index is 12.8. The summed E-state index contributed by atoms with van der Waals surface area (Å²) in [5, 5.41) is 22.8. The Morgan fingerprint density at radius 2 is 2.18 bits per heavy atom. The molecule has 2 unspecified atom stereocenters. The second-order valence-electron chi connectivity index (χ2n) is 9.96. The lowest BCUT2D eigenvalue weighted by molar-refractivity contribution is -0.113. The molecule has 0 saturated carbocycles. The molecule has 1 fully saturated rings. The second-order valence-corrected chi connectivity index (χ2v) is 12.0. The van der Waals surface area contributed by atoms with Gasteiger partial charge in [0.05, 0.1) is 24.0 Å². The molecule has 0 radical (unpaired) electrons. The van der Waals surface area contributed by atoms with Crippen LogP contribution in [-0.2, 0) is 35.3 Å². The lowest BCUT2D eigenvalue weighted by Crippen LogP contribution is -2.26. The number of nitrogens with zero attached hydrogens (tertiary/aromatic N) is 4. The minimum atomic E-state index is -0.118. The van der Waals surface area contributed by atoms with Crippen LogP contribution >= 0.6 is 23.1 Å². The van der Waals surface area contributed by atoms with Gasteiger partial charge in [-0.15, -0.1) is 21.5 Å². The predicted octanol–water partition coefficient (Wildman–Crippen LogP) is 4.83. The molecular formula is C24H33N5O2S2. The summed E-state index contributed by atoms with van der Waals surface area (Å²) in [7, 11) is 0. The van der Waals surface area contributed by atoms with Gasteiger partial charge in [0.15, 0.2) is 5.16 Å². The number of aromatic nitrogens is 3. The van der Waals surface area contributed by atoms with Crippen molar-refractivity contribution < 1.29 is 9.53 Å². The summed E-state index contributed by atoms with van der Waals surface area (Å²) in [5.74, 6) is 1.62. The highest BCUT2D eigenvalue weighted by Crippen LogP contribution is 2.44. The highest BCUT2D eigenvalue weighted by atomic mass is 32.2. The number of rotatable bonds is 7. The molecule has 2 atom stereocenters. The maximum absolute atomic E-state index is 12.8. The zero-order valence-electron chi connectivity index (χ0n) is 19.9. The van der Waals surface area contributed by atoms with Crippen LogP contribution in [0.3, 0.4) is 0 Å². The molecule has 178 valence electrons. The Bertz CT molecular complexity index is 1040. The number of carbonyl (C=O) groups excluding carboxylic acids is 1. The Balaban J connectivity index is 1.42. The first-order chi connectivity index (χ1) is 15.8. The van der Waals surface area contributed by atoms with Crippen molar-refractivity contribution in [3.05, 3.63) is 21.8 Å². The van der Waals surface area contributed by atoms with Crippen LogP contribution in [0, 0.1) is 22.7 Å². The van der Waals surface area contributed by atoms with Crippen molar-refractivity contribution in [3.63, 3.8) is 0 Å². The van der Waals surface area contributed by atoms with Crippen LogP contribution in [0.25, 0.3) is 0 Å². The van der Waals surface area contributed by atoms with Crippen molar-refractivity contribution in [2.75, 3.05) is 17.7 Å². The van der Waals surface area contributed by atoms with Crippen molar-refractivity contribution in [2.24, 2.45) is 11.3 Å². The SMILES string of the molecule is CCc1nnc(SCC(=O)Nc2sc3c(c2C#N)CCC(C(C)(C)C)C3)n1CC1CCCO1. The summed E-state index contributed by atoms with van der Waals surface area (Å²) >= 11 is 2.96. The van der Waals surface area contributed by atoms with Gasteiger partial charge in [-0.25, -0.2) is 0 Å². The van der Waals surface area contributed by atoms with Crippen LogP contribution in [0.1, 0.15) is 68.8 Å². The van der Waals surface area contributed by atoms with E-state index in [1.54, 1.807) is 11.3 Å². The summed E-state index contributed by atoms with van der Waals surface area (Å²) < 4.78 is 7.87. The van der Waals surface area contributed by atoms with Gasteiger partial charge in [-0.1, -0.05) is 39.5 Å². The number of carbonyl (C=O) groups is 1. The van der Waals surface area contributed by atoms with Crippen LogP contribution in [0.4, 0.5) is 5.00 Å². The maximum Gasteiger partial charge on any atom is 0.235 e. The Morgan fingerprint density at radius 1 is 1.36 bits per heavy atom. The summed E-state index contributed by atoms with van der Waals surface area (Å²) in [5.41, 5.74) is 2.02. The number of nitriles is 1. The topological polar surface area (TPSA) is 92.8 Å². The number of thiophene rings is 1. The third kappa shape index (κ3) is 5.44. The van der Waals surface area contributed by atoms with Gasteiger partial charge >= 0.3 is 0 Å². The van der Waals surface area contributed by atoms with E-state index in [4.69, 9.17) is 4.74 Å². The van der Waals surface area contributed by atoms with Gasteiger partial charge in [0, 0.05) is 17.9 Å². The van der Waals surface area contributed by atoms with Gasteiger partial charge in [-0.3, -0.25) is 4.79 Å². The number of anilines is 1. The molecule has 1 aliphatic carbocycles. The van der Waals surface area contributed by atoms with Crippen molar-refractivity contribution in [1.29, 1.82) is 5.26 Å². The normalized spacial score (nSPS) is 20.5. The summed E-state index contributed by atoms with van der Waals surface area (Å²) in [6.07, 6.45) is 6.08. The molecule has 7 nitrogen and oxygen atoms in total. The number of ether oxygens (including phenoxy) is 1. The Hall–Kier alpha value is -1.89. The van der Waals surface area contributed by atoms with Gasteiger partial charge in [0.2, 0.25) is 5.91 Å². The average Bonchev–Trinajstić information content (AvgIpc) is 3.50. The van der Waals surface area contributed by atoms with E-state index in [0.717, 1.165) is 68.2 Å². The summed E-state index contributed by atoms with van der Waals surface area (Å²) in [4.78, 5) is 14.1. The minimum absolute atomic E-state index is 0.118. The first-order valence-corrected chi connectivity index (χ1v) is 13.6. The van der Waals surface area contributed by atoms with E-state index in [1.165, 1.54) is 16.6 Å². The van der Waals surface area contributed by atoms with E-state index in [9.17, 15) is 10.1 Å². The van der Waals surface area contributed by atoms with Gasteiger partial charge < -0.3 is 14.6 Å². The third-order valence-electron chi connectivity index (χ3n) is 6.71. The number of amides is 1. The zero-order chi connectivity index (χ0) is 23.6. The van der Waals surface area contributed by atoms with E-state index in [2.05, 4.69) is 53.8 Å². The lowest BCUT2D eigenvalue weighted by atomic mass is 9.72. The third-order valence-corrected chi connectivity index (χ3v) is 8.84. The monoisotopic (exact) mass is 487 g/mol. The lowest BCUT2D eigenvalue weighted by Gasteiger charge is -2.33. The molecule has 1 saturated heterocycles. The minimum Gasteiger partial charge on any atom is -0.376 e. The van der Waals surface area contributed by atoms with Gasteiger partial charge in [-0.05, 0) is 49.0 Å². The second kappa shape index (κ2) is 10.2. The highest BCUT2D eigenvalue weighted by molar-refractivity contribution is 7.99. The van der Waals surface area contributed by atoms with Gasteiger partial charge in [0.25, 0.3) is 0 Å². The van der Waals surface area contributed by atoms with E-state index in [0.29, 0.717) is 16.5 Å². The fraction of sp³-hybridized carbons (Fsp3) is 0.667. The van der Waals surface area contributed by atoms with Gasteiger partial charge in [0.1, 0.15) is 16.9 Å². The zero-order valence-corrected chi connectivity index (χ0v) is 21.6. The standard InChI is InChI=1S/C24H33N5O2S2/c1-5-20-27-28-23(29(20)13-16-7-6-10-31-16)32-14-21(30)26-22-18(12-25)17-9-8-15(24(2,3)4)11-19(17)33-22/h15-16H,5-11,13-14H2,1-4H3,(H,26,30). The van der Waals surface area contributed by atoms with Crippen molar-refractivity contribution >= 4 is 34.0 Å². The first-order valence-electron chi connectivity index (χ1n) is 11.8. The first kappa shape index (κ1) is 24.2. The van der Waals surface area contributed by atoms with E-state index in [-0.39, 0.29) is 23.2 Å². The highest BCUT2D eigenvalue weighted by Gasteiger charge is 2.32. The van der Waals surface area contributed by atoms with Crippen LogP contribution in [-0.4, -0.2) is 39.1 Å². The van der Waals surface area contributed by atoms with Crippen LogP contribution in [0.5, 0.6) is 0 Å². The van der Waals surface area contributed by atoms with Crippen LogP contribution in [0.15, 0.2) is 5.16 Å². The number of fused-ring (bicyclic) bond motifs is 1. The fourth-order valence-electron chi connectivity index (χ4n) is 4.69. The molecule has 2 aliphatic rings. The van der Waals surface area contributed by atoms with Crippen molar-refractivity contribution in [3.8, 4) is 6.07 Å². The molecule has 0 spiro atoms. The van der Waals surface area contributed by atoms with Crippen molar-refractivity contribution in [1.82, 2.24) is 14.8 Å². The largest absolute Gasteiger partial charge is 0.376 e. The summed E-state index contributed by atoms with van der Waals surface area (Å²) in [6, 6.07) is 2.35. The van der Waals surface area contributed by atoms with E-state index < -0.39 is 0 Å². The number of nitrogens with one attached hydrogen (secondary N) is 1. The Morgan fingerprint density at radius 3 is 2.85 bits per heavy atom. The molecular weight excluding hydrogens is 454 g/mol. The fourth-order valence-corrected chi connectivity index (χ4v) is 6.75. The molecule has 2 aromatic heterocycles. The molecule has 3 heterocycles. The molecule has 9 heteroatoms. The van der Waals surface area contributed by atoms with E-state index >= 15 is 0 Å². The van der Waals surface area contributed by atoms with Gasteiger partial charge in [-0.2, -0.15) is 5.26 Å². The number of thioether (sulfide) groups is 1. The Kier molecular flexibility index (Phi) is 7.46. The molecule has 4 rings (SSSR count). The molecule has 1 aliphatic heterocycles. The van der Waals surface area contributed by atoms with Crippen LogP contribution < -0.4 is 5.32 Å². The number of aryl methyl sites for hydroxylation is 1. The molecule has 2 aromatic rings. The summed E-state index contributed by atoms with van der Waals surface area (Å²) in [6.45, 7) is 10.4. The number of hydrogen-bond donors (Lipinski definition) is 1. The molecule has 1 N–H and O–H groups in total. The molecule has 33 heavy (non-hydrogen) atoms. The molecule has 0 bridgehead atoms. The quantitative estimate of drug-likeness (QED) is 0.562. The predicted molar refractivity (Wildman–Crippen MR) is 132 cm³/mol. The van der Waals surface area contributed by atoms with Crippen LogP contribution in [0.2, 0.25) is 0 Å².